The highest BCUT2D eigenvalue weighted by molar-refractivity contribution is 5.79. The van der Waals surface area contributed by atoms with Crippen LogP contribution in [0.5, 0.6) is 0 Å². The molecule has 0 atom stereocenters. The molecule has 0 spiro atoms. The molecule has 3 rings (SSSR count). The summed E-state index contributed by atoms with van der Waals surface area (Å²) in [6.07, 6.45) is 14.9. The summed E-state index contributed by atoms with van der Waals surface area (Å²) < 4.78 is 2.14. The Morgan fingerprint density at radius 3 is 2.62 bits per heavy atom. The number of nitrogens with zero attached hydrogens (tertiary/aromatic N) is 1. The standard InChI is InChI=1S/C12H9N/c1-2-9-13(8-1)12-7-6-10-4-3-5-11(10)12/h1-9H. The SMILES string of the molecule is C1=CC2=C(n3cccc3)C=CC2=C1. The molecule has 1 aromatic heterocycles. The van der Waals surface area contributed by atoms with Crippen LogP contribution in [0.4, 0.5) is 0 Å². The lowest BCUT2D eigenvalue weighted by atomic mass is 10.2. The van der Waals surface area contributed by atoms with E-state index >= 15 is 0 Å². The minimum absolute atomic E-state index is 1.27. The third-order valence-corrected chi connectivity index (χ3v) is 2.43. The van der Waals surface area contributed by atoms with Crippen LogP contribution >= 0.6 is 0 Å². The molecule has 2 aliphatic carbocycles. The van der Waals surface area contributed by atoms with Gasteiger partial charge in [0.15, 0.2) is 0 Å². The van der Waals surface area contributed by atoms with E-state index in [1.807, 2.05) is 12.1 Å². The first-order chi connectivity index (χ1) is 6.45. The molecule has 0 saturated carbocycles. The summed E-state index contributed by atoms with van der Waals surface area (Å²) in [5, 5.41) is 0. The van der Waals surface area contributed by atoms with Crippen molar-refractivity contribution in [3.8, 4) is 0 Å². The average molecular weight is 167 g/mol. The van der Waals surface area contributed by atoms with E-state index in [4.69, 9.17) is 0 Å². The first-order valence-electron chi connectivity index (χ1n) is 4.39. The number of aromatic nitrogens is 1. The van der Waals surface area contributed by atoms with Crippen LogP contribution in [-0.4, -0.2) is 4.57 Å². The summed E-state index contributed by atoms with van der Waals surface area (Å²) in [5.74, 6) is 0. The Kier molecular flexibility index (Phi) is 1.22. The van der Waals surface area contributed by atoms with Gasteiger partial charge in [0.1, 0.15) is 0 Å². The van der Waals surface area contributed by atoms with Crippen LogP contribution in [0.3, 0.4) is 0 Å². The van der Waals surface area contributed by atoms with Crippen molar-refractivity contribution in [2.24, 2.45) is 0 Å². The van der Waals surface area contributed by atoms with E-state index in [1.165, 1.54) is 16.8 Å². The van der Waals surface area contributed by atoms with Gasteiger partial charge in [-0.25, -0.2) is 0 Å². The second-order valence-corrected chi connectivity index (χ2v) is 3.20. The van der Waals surface area contributed by atoms with Crippen LogP contribution in [0.25, 0.3) is 5.70 Å². The third kappa shape index (κ3) is 0.872. The van der Waals surface area contributed by atoms with Crippen LogP contribution in [0.15, 0.2) is 66.1 Å². The van der Waals surface area contributed by atoms with Crippen molar-refractivity contribution in [1.82, 2.24) is 4.57 Å². The molecule has 2 aliphatic rings. The van der Waals surface area contributed by atoms with Gasteiger partial charge in [0.25, 0.3) is 0 Å². The van der Waals surface area contributed by atoms with E-state index in [0.29, 0.717) is 0 Å². The van der Waals surface area contributed by atoms with Gasteiger partial charge in [0.2, 0.25) is 0 Å². The highest BCUT2D eigenvalue weighted by Crippen LogP contribution is 2.32. The first-order valence-corrected chi connectivity index (χ1v) is 4.39. The minimum atomic E-state index is 1.27. The number of hydrogen-bond acceptors (Lipinski definition) is 0. The van der Waals surface area contributed by atoms with Gasteiger partial charge in [-0.3, -0.25) is 0 Å². The van der Waals surface area contributed by atoms with E-state index in [-0.39, 0.29) is 0 Å². The van der Waals surface area contributed by atoms with Crippen LogP contribution in [0, 0.1) is 0 Å². The maximum atomic E-state index is 2.16. The second-order valence-electron chi connectivity index (χ2n) is 3.20. The molecule has 1 aromatic rings. The van der Waals surface area contributed by atoms with Crippen molar-refractivity contribution in [3.63, 3.8) is 0 Å². The lowest BCUT2D eigenvalue weighted by molar-refractivity contribution is 1.13. The van der Waals surface area contributed by atoms with Gasteiger partial charge in [0.05, 0.1) is 5.70 Å². The number of hydrogen-bond donors (Lipinski definition) is 0. The Balaban J connectivity index is 2.20. The van der Waals surface area contributed by atoms with Gasteiger partial charge in [-0.05, 0) is 23.8 Å². The molecule has 1 heteroatoms. The molecule has 0 amide bonds. The lowest BCUT2D eigenvalue weighted by Crippen LogP contribution is -1.90. The Hall–Kier alpha value is -1.76. The zero-order valence-electron chi connectivity index (χ0n) is 7.14. The molecular formula is C12H9N. The Bertz CT molecular complexity index is 453. The normalized spacial score (nSPS) is 18.3. The van der Waals surface area contributed by atoms with Gasteiger partial charge in [-0.2, -0.15) is 0 Å². The fourth-order valence-corrected chi connectivity index (χ4v) is 1.79. The Labute approximate surface area is 77.0 Å². The Morgan fingerprint density at radius 1 is 0.923 bits per heavy atom. The highest BCUT2D eigenvalue weighted by Gasteiger charge is 2.14. The topological polar surface area (TPSA) is 4.93 Å². The highest BCUT2D eigenvalue weighted by atomic mass is 15.0. The predicted molar refractivity (Wildman–Crippen MR) is 54.0 cm³/mol. The zero-order valence-corrected chi connectivity index (χ0v) is 7.14. The van der Waals surface area contributed by atoms with Crippen molar-refractivity contribution < 1.29 is 0 Å². The monoisotopic (exact) mass is 167 g/mol. The number of allylic oxidation sites excluding steroid dienone is 8. The smallest absolute Gasteiger partial charge is 0.0527 e. The summed E-state index contributed by atoms with van der Waals surface area (Å²) in [5.41, 5.74) is 3.92. The summed E-state index contributed by atoms with van der Waals surface area (Å²) in [6, 6.07) is 4.09. The van der Waals surface area contributed by atoms with E-state index in [9.17, 15) is 0 Å². The van der Waals surface area contributed by atoms with Crippen LogP contribution in [0.2, 0.25) is 0 Å². The Morgan fingerprint density at radius 2 is 1.77 bits per heavy atom. The molecule has 0 N–H and O–H groups in total. The van der Waals surface area contributed by atoms with E-state index in [1.54, 1.807) is 0 Å². The zero-order chi connectivity index (χ0) is 8.67. The van der Waals surface area contributed by atoms with Crippen LogP contribution < -0.4 is 0 Å². The average Bonchev–Trinajstić information content (AvgIpc) is 2.79. The van der Waals surface area contributed by atoms with E-state index in [2.05, 4.69) is 47.3 Å². The molecule has 0 aromatic carbocycles. The van der Waals surface area contributed by atoms with Crippen LogP contribution in [-0.2, 0) is 0 Å². The first kappa shape index (κ1) is 6.72. The van der Waals surface area contributed by atoms with Gasteiger partial charge in [-0.15, -0.1) is 0 Å². The van der Waals surface area contributed by atoms with Crippen molar-refractivity contribution in [3.05, 3.63) is 66.1 Å². The number of rotatable bonds is 1. The molecule has 0 bridgehead atoms. The molecule has 0 unspecified atom stereocenters. The van der Waals surface area contributed by atoms with Gasteiger partial charge >= 0.3 is 0 Å². The third-order valence-electron chi connectivity index (χ3n) is 2.43. The molecule has 62 valence electrons. The van der Waals surface area contributed by atoms with Gasteiger partial charge < -0.3 is 4.57 Å². The van der Waals surface area contributed by atoms with Gasteiger partial charge in [0, 0.05) is 18.0 Å². The largest absolute Gasteiger partial charge is 0.323 e. The summed E-state index contributed by atoms with van der Waals surface area (Å²) in [7, 11) is 0. The second kappa shape index (κ2) is 2.36. The molecule has 0 aliphatic heterocycles. The van der Waals surface area contributed by atoms with Crippen molar-refractivity contribution in [2.75, 3.05) is 0 Å². The minimum Gasteiger partial charge on any atom is -0.323 e. The van der Waals surface area contributed by atoms with E-state index in [0.717, 1.165) is 0 Å². The maximum Gasteiger partial charge on any atom is 0.0527 e. The summed E-state index contributed by atoms with van der Waals surface area (Å²) in [4.78, 5) is 0. The van der Waals surface area contributed by atoms with Crippen molar-refractivity contribution in [1.29, 1.82) is 0 Å². The molecule has 0 saturated heterocycles. The summed E-state index contributed by atoms with van der Waals surface area (Å²) in [6.45, 7) is 0. The molecule has 0 radical (unpaired) electrons. The fraction of sp³-hybridized carbons (Fsp3) is 0. The fourth-order valence-electron chi connectivity index (χ4n) is 1.79. The van der Waals surface area contributed by atoms with Crippen molar-refractivity contribution >= 4 is 5.70 Å². The molecule has 1 nitrogen and oxygen atoms in total. The maximum absolute atomic E-state index is 2.16. The molecule has 13 heavy (non-hydrogen) atoms. The van der Waals surface area contributed by atoms with Crippen molar-refractivity contribution in [2.45, 2.75) is 0 Å². The molecule has 0 fully saturated rings. The van der Waals surface area contributed by atoms with E-state index < -0.39 is 0 Å². The molecule has 1 heterocycles. The van der Waals surface area contributed by atoms with Crippen LogP contribution in [0.1, 0.15) is 0 Å². The molecular weight excluding hydrogens is 158 g/mol. The van der Waals surface area contributed by atoms with Gasteiger partial charge in [-0.1, -0.05) is 24.3 Å². The lowest BCUT2D eigenvalue weighted by Gasteiger charge is -2.03. The summed E-state index contributed by atoms with van der Waals surface area (Å²) >= 11 is 0. The number of fused-ring (bicyclic) bond motifs is 1. The predicted octanol–water partition coefficient (Wildman–Crippen LogP) is 2.77. The quantitative estimate of drug-likeness (QED) is 0.606.